The fourth-order valence-corrected chi connectivity index (χ4v) is 5.18. The number of ether oxygens (including phenoxy) is 2. The number of carboxylic acid groups (broad SMARTS) is 1. The van der Waals surface area contributed by atoms with Crippen LogP contribution in [0.15, 0.2) is 41.2 Å². The summed E-state index contributed by atoms with van der Waals surface area (Å²) >= 11 is 0. The first kappa shape index (κ1) is 22.9. The number of amides is 2. The number of aromatic nitrogens is 1. The first-order valence-electron chi connectivity index (χ1n) is 9.35. The Labute approximate surface area is 182 Å². The quantitative estimate of drug-likeness (QED) is 0.309. The molecule has 3 rings (SSSR count). The lowest BCUT2D eigenvalue weighted by Crippen LogP contribution is -2.62. The van der Waals surface area contributed by atoms with Crippen LogP contribution in [0, 0.1) is 0 Å². The number of fused-ring (bicyclic) bond motifs is 1. The van der Waals surface area contributed by atoms with E-state index in [9.17, 15) is 32.7 Å². The molecule has 12 nitrogen and oxygen atoms in total. The van der Waals surface area contributed by atoms with Gasteiger partial charge in [-0.25, -0.2) is 18.0 Å². The van der Waals surface area contributed by atoms with Crippen LogP contribution in [0.5, 0.6) is 0 Å². The van der Waals surface area contributed by atoms with E-state index in [1.807, 2.05) is 0 Å². The van der Waals surface area contributed by atoms with Crippen LogP contribution in [0.1, 0.15) is 12.6 Å². The van der Waals surface area contributed by atoms with Crippen molar-refractivity contribution in [3.63, 3.8) is 0 Å². The zero-order chi connectivity index (χ0) is 23.5. The number of pyridine rings is 1. The Morgan fingerprint density at radius 2 is 2.06 bits per heavy atom. The number of β-lactam (4-membered cyclic amide) rings is 1. The van der Waals surface area contributed by atoms with Crippen molar-refractivity contribution in [2.24, 2.45) is 0 Å². The van der Waals surface area contributed by atoms with Crippen LogP contribution in [0.25, 0.3) is 6.08 Å². The minimum atomic E-state index is -4.02. The molecule has 1 fully saturated rings. The third-order valence-corrected chi connectivity index (χ3v) is 6.41. The largest absolute Gasteiger partial charge is 0.477 e. The number of esters is 1. The van der Waals surface area contributed by atoms with Gasteiger partial charge in [0.05, 0.1) is 23.6 Å². The molecule has 32 heavy (non-hydrogen) atoms. The minimum Gasteiger partial charge on any atom is -0.477 e. The van der Waals surface area contributed by atoms with E-state index in [1.54, 1.807) is 25.1 Å². The molecule has 2 aliphatic rings. The van der Waals surface area contributed by atoms with Gasteiger partial charge in [-0.1, -0.05) is 6.07 Å². The maximum absolute atomic E-state index is 12.8. The van der Waals surface area contributed by atoms with Gasteiger partial charge in [-0.2, -0.15) is 0 Å². The number of hydrogen-bond donors (Lipinski definition) is 2. The molecular weight excluding hydrogens is 446 g/mol. The summed E-state index contributed by atoms with van der Waals surface area (Å²) in [7, 11) is -4.02. The van der Waals surface area contributed by atoms with E-state index < -0.39 is 63.8 Å². The molecule has 0 saturated carbocycles. The second-order valence-electron chi connectivity index (χ2n) is 6.68. The van der Waals surface area contributed by atoms with Gasteiger partial charge >= 0.3 is 18.0 Å². The summed E-state index contributed by atoms with van der Waals surface area (Å²) in [6.07, 6.45) is 1.68. The number of rotatable bonds is 7. The molecule has 3 heterocycles. The minimum absolute atomic E-state index is 0.102. The fourth-order valence-electron chi connectivity index (χ4n) is 3.24. The van der Waals surface area contributed by atoms with Gasteiger partial charge in [-0.3, -0.25) is 19.5 Å². The van der Waals surface area contributed by atoms with Gasteiger partial charge < -0.3 is 19.9 Å². The summed E-state index contributed by atoms with van der Waals surface area (Å²) in [5.74, 6) is -3.78. The van der Waals surface area contributed by atoms with Gasteiger partial charge in [0.1, 0.15) is 18.8 Å². The predicted molar refractivity (Wildman–Crippen MR) is 107 cm³/mol. The molecule has 13 heteroatoms. The first-order valence-corrected chi connectivity index (χ1v) is 11.1. The van der Waals surface area contributed by atoms with Crippen LogP contribution in [-0.4, -0.2) is 78.2 Å². The van der Waals surface area contributed by atoms with Gasteiger partial charge in [-0.15, -0.1) is 0 Å². The van der Waals surface area contributed by atoms with Crippen molar-refractivity contribution in [2.45, 2.75) is 12.3 Å². The molecule has 0 radical (unpaired) electrons. The average molecular weight is 465 g/mol. The Balaban J connectivity index is 1.81. The molecule has 170 valence electrons. The standard InChI is InChI=1S/C19H19N3O9S/c1-2-30-14(23)8-21-19(27)31-9-11-10-32(28,29)17-13(7-12-5-3-4-6-20-12)16(24)22(17)15(11)18(25)26/h3-7,17H,2,8-10H2,1H3,(H,21,27)(H,25,26)/b13-7-. The summed E-state index contributed by atoms with van der Waals surface area (Å²) in [6.45, 7) is 0.514. The van der Waals surface area contributed by atoms with Crippen molar-refractivity contribution < 1.29 is 42.2 Å². The zero-order valence-electron chi connectivity index (χ0n) is 16.8. The molecule has 0 spiro atoms. The molecule has 2 amide bonds. The first-order chi connectivity index (χ1) is 15.2. The van der Waals surface area contributed by atoms with Crippen LogP contribution >= 0.6 is 0 Å². The Morgan fingerprint density at radius 1 is 1.31 bits per heavy atom. The van der Waals surface area contributed by atoms with Crippen molar-refractivity contribution in [1.82, 2.24) is 15.2 Å². The van der Waals surface area contributed by atoms with Crippen molar-refractivity contribution in [1.29, 1.82) is 0 Å². The monoisotopic (exact) mass is 465 g/mol. The molecule has 0 bridgehead atoms. The van der Waals surface area contributed by atoms with Gasteiger partial charge in [0.2, 0.25) is 0 Å². The van der Waals surface area contributed by atoms with Crippen LogP contribution in [0.2, 0.25) is 0 Å². The maximum Gasteiger partial charge on any atom is 0.407 e. The van der Waals surface area contributed by atoms with Gasteiger partial charge in [0.15, 0.2) is 15.2 Å². The SMILES string of the molecule is CCOC(=O)CNC(=O)OCC1=C(C(=O)O)N2C(=O)/C(=C/c3ccccn3)C2S(=O)(=O)C1. The average Bonchev–Trinajstić information content (AvgIpc) is 2.74. The number of hydrogen-bond acceptors (Lipinski definition) is 9. The van der Waals surface area contributed by atoms with Crippen LogP contribution in [0.4, 0.5) is 4.79 Å². The fraction of sp³-hybridized carbons (Fsp3) is 0.316. The highest BCUT2D eigenvalue weighted by atomic mass is 32.2. The van der Waals surface area contributed by atoms with E-state index in [-0.39, 0.29) is 17.8 Å². The highest BCUT2D eigenvalue weighted by Gasteiger charge is 2.56. The molecule has 1 saturated heterocycles. The lowest BCUT2D eigenvalue weighted by Gasteiger charge is -2.45. The van der Waals surface area contributed by atoms with E-state index in [4.69, 9.17) is 4.74 Å². The molecule has 1 unspecified atom stereocenters. The topological polar surface area (TPSA) is 169 Å². The summed E-state index contributed by atoms with van der Waals surface area (Å²) < 4.78 is 35.1. The van der Waals surface area contributed by atoms with Crippen molar-refractivity contribution in [2.75, 3.05) is 25.5 Å². The van der Waals surface area contributed by atoms with Crippen LogP contribution in [0.3, 0.4) is 0 Å². The van der Waals surface area contributed by atoms with E-state index in [1.165, 1.54) is 12.3 Å². The second kappa shape index (κ2) is 9.18. The molecule has 0 aromatic carbocycles. The van der Waals surface area contributed by atoms with E-state index in [0.717, 1.165) is 0 Å². The lowest BCUT2D eigenvalue weighted by molar-refractivity contribution is -0.142. The highest BCUT2D eigenvalue weighted by molar-refractivity contribution is 7.92. The third kappa shape index (κ3) is 4.61. The highest BCUT2D eigenvalue weighted by Crippen LogP contribution is 2.40. The Kier molecular flexibility index (Phi) is 6.58. The van der Waals surface area contributed by atoms with Gasteiger partial charge in [-0.05, 0) is 25.1 Å². The molecule has 1 aromatic rings. The number of nitrogens with one attached hydrogen (secondary N) is 1. The molecule has 0 aliphatic carbocycles. The zero-order valence-corrected chi connectivity index (χ0v) is 17.6. The van der Waals surface area contributed by atoms with Crippen molar-refractivity contribution in [3.05, 3.63) is 46.9 Å². The molecule has 1 aromatic heterocycles. The Hall–Kier alpha value is -3.74. The van der Waals surface area contributed by atoms with Crippen LogP contribution < -0.4 is 5.32 Å². The number of carbonyl (C=O) groups is 4. The number of aliphatic carboxylic acids is 1. The molecular formula is C19H19N3O9S. The summed E-state index contributed by atoms with van der Waals surface area (Å²) in [4.78, 5) is 52.1. The second-order valence-corrected chi connectivity index (χ2v) is 8.74. The maximum atomic E-state index is 12.8. The van der Waals surface area contributed by atoms with Crippen molar-refractivity contribution in [3.8, 4) is 0 Å². The molecule has 1 atom stereocenters. The Morgan fingerprint density at radius 3 is 2.69 bits per heavy atom. The predicted octanol–water partition coefficient (Wildman–Crippen LogP) is -0.310. The number of alkyl carbamates (subject to hydrolysis) is 1. The number of nitrogens with zero attached hydrogens (tertiary/aromatic N) is 2. The lowest BCUT2D eigenvalue weighted by atomic mass is 10.0. The van der Waals surface area contributed by atoms with E-state index in [2.05, 4.69) is 15.0 Å². The number of carboxylic acids is 1. The van der Waals surface area contributed by atoms with E-state index in [0.29, 0.717) is 10.6 Å². The molecule has 2 aliphatic heterocycles. The van der Waals surface area contributed by atoms with Crippen molar-refractivity contribution >= 4 is 39.9 Å². The summed E-state index contributed by atoms with van der Waals surface area (Å²) in [5.41, 5.74) is -0.593. The normalized spacial score (nSPS) is 20.3. The van der Waals surface area contributed by atoms with Crippen LogP contribution in [-0.2, 0) is 33.7 Å². The smallest absolute Gasteiger partial charge is 0.407 e. The van der Waals surface area contributed by atoms with E-state index >= 15 is 0 Å². The number of carbonyl (C=O) groups excluding carboxylic acids is 3. The van der Waals surface area contributed by atoms with Gasteiger partial charge in [0, 0.05) is 11.8 Å². The number of sulfone groups is 1. The summed E-state index contributed by atoms with van der Waals surface area (Å²) in [6, 6.07) is 4.87. The molecule has 2 N–H and O–H groups in total. The van der Waals surface area contributed by atoms with Gasteiger partial charge in [0.25, 0.3) is 5.91 Å². The summed E-state index contributed by atoms with van der Waals surface area (Å²) in [5, 5.41) is 10.2. The Bertz CT molecular complexity index is 1130. The third-order valence-electron chi connectivity index (χ3n) is 4.51.